The lowest BCUT2D eigenvalue weighted by molar-refractivity contribution is 0.306. The van der Waals surface area contributed by atoms with E-state index < -0.39 is 0 Å². The predicted octanol–water partition coefficient (Wildman–Crippen LogP) is 5.50. The number of ether oxygens (including phenoxy) is 1. The minimum Gasteiger partial charge on any atom is -0.489 e. The highest BCUT2D eigenvalue weighted by molar-refractivity contribution is 6.30. The molecular formula is C20H16ClFN2O. The van der Waals surface area contributed by atoms with Crippen LogP contribution in [0.5, 0.6) is 5.75 Å². The van der Waals surface area contributed by atoms with Crippen LogP contribution in [0.2, 0.25) is 5.02 Å². The van der Waals surface area contributed by atoms with Gasteiger partial charge in [0.1, 0.15) is 18.2 Å². The van der Waals surface area contributed by atoms with Crippen LogP contribution in [0.15, 0.2) is 77.9 Å². The van der Waals surface area contributed by atoms with Crippen molar-refractivity contribution >= 4 is 23.5 Å². The van der Waals surface area contributed by atoms with E-state index in [1.165, 1.54) is 12.1 Å². The molecule has 0 radical (unpaired) electrons. The fourth-order valence-corrected chi connectivity index (χ4v) is 2.26. The molecule has 25 heavy (non-hydrogen) atoms. The second-order valence-corrected chi connectivity index (χ2v) is 5.80. The average molecular weight is 355 g/mol. The first-order chi connectivity index (χ1) is 12.2. The normalized spacial score (nSPS) is 10.8. The SMILES string of the molecule is Fc1ccc(COc2cccc(C=NNc3ccc(Cl)cc3)c2)cc1. The van der Waals surface area contributed by atoms with Gasteiger partial charge in [0.05, 0.1) is 11.9 Å². The van der Waals surface area contributed by atoms with E-state index in [2.05, 4.69) is 10.5 Å². The molecule has 126 valence electrons. The summed E-state index contributed by atoms with van der Waals surface area (Å²) in [7, 11) is 0. The Hall–Kier alpha value is -2.85. The number of nitrogens with one attached hydrogen (secondary N) is 1. The standard InChI is InChI=1S/C20H16ClFN2O/c21-17-6-10-19(11-7-17)24-23-13-16-2-1-3-20(12-16)25-14-15-4-8-18(22)9-5-15/h1-13,24H,14H2. The Bertz CT molecular complexity index is 848. The molecule has 0 saturated heterocycles. The number of halogens is 2. The van der Waals surface area contributed by atoms with Gasteiger partial charge >= 0.3 is 0 Å². The molecule has 0 unspecified atom stereocenters. The van der Waals surface area contributed by atoms with E-state index in [9.17, 15) is 4.39 Å². The van der Waals surface area contributed by atoms with E-state index in [-0.39, 0.29) is 5.82 Å². The van der Waals surface area contributed by atoms with Crippen molar-refractivity contribution in [1.82, 2.24) is 0 Å². The third kappa shape index (κ3) is 5.33. The van der Waals surface area contributed by atoms with Crippen LogP contribution >= 0.6 is 11.6 Å². The van der Waals surface area contributed by atoms with Gasteiger partial charge in [0.2, 0.25) is 0 Å². The number of nitrogens with zero attached hydrogens (tertiary/aromatic N) is 1. The zero-order valence-corrected chi connectivity index (χ0v) is 14.1. The second-order valence-electron chi connectivity index (χ2n) is 5.36. The van der Waals surface area contributed by atoms with Crippen molar-refractivity contribution in [2.45, 2.75) is 6.61 Å². The van der Waals surface area contributed by atoms with Gasteiger partial charge in [-0.2, -0.15) is 5.10 Å². The third-order valence-electron chi connectivity index (χ3n) is 3.43. The summed E-state index contributed by atoms with van der Waals surface area (Å²) < 4.78 is 18.6. The fraction of sp³-hybridized carbons (Fsp3) is 0.0500. The maximum atomic E-state index is 12.9. The minimum absolute atomic E-state index is 0.254. The van der Waals surface area contributed by atoms with E-state index in [0.717, 1.165) is 22.6 Å². The molecule has 0 spiro atoms. The summed E-state index contributed by atoms with van der Waals surface area (Å²) in [5.41, 5.74) is 5.60. The van der Waals surface area contributed by atoms with Crippen molar-refractivity contribution in [3.63, 3.8) is 0 Å². The molecule has 0 bridgehead atoms. The zero-order valence-electron chi connectivity index (χ0n) is 13.3. The molecule has 3 nitrogen and oxygen atoms in total. The molecule has 0 aliphatic rings. The van der Waals surface area contributed by atoms with Gasteiger partial charge in [-0.3, -0.25) is 5.43 Å². The number of rotatable bonds is 6. The lowest BCUT2D eigenvalue weighted by Gasteiger charge is -2.07. The Kier molecular flexibility index (Phi) is 5.65. The van der Waals surface area contributed by atoms with Gasteiger partial charge < -0.3 is 4.74 Å². The molecule has 0 saturated carbocycles. The van der Waals surface area contributed by atoms with Gasteiger partial charge in [0, 0.05) is 5.02 Å². The molecule has 0 aliphatic carbocycles. The summed E-state index contributed by atoms with van der Waals surface area (Å²) in [4.78, 5) is 0. The van der Waals surface area contributed by atoms with Gasteiger partial charge in [-0.15, -0.1) is 0 Å². The molecule has 5 heteroatoms. The van der Waals surface area contributed by atoms with Crippen molar-refractivity contribution in [2.75, 3.05) is 5.43 Å². The Balaban J connectivity index is 1.58. The summed E-state index contributed by atoms with van der Waals surface area (Å²) in [5.74, 6) is 0.468. The fourth-order valence-electron chi connectivity index (χ4n) is 2.14. The van der Waals surface area contributed by atoms with Gasteiger partial charge in [-0.25, -0.2) is 4.39 Å². The predicted molar refractivity (Wildman–Crippen MR) is 99.8 cm³/mol. The van der Waals surface area contributed by atoms with Crippen molar-refractivity contribution in [1.29, 1.82) is 0 Å². The molecule has 0 fully saturated rings. The van der Waals surface area contributed by atoms with Gasteiger partial charge in [0.15, 0.2) is 0 Å². The third-order valence-corrected chi connectivity index (χ3v) is 3.68. The highest BCUT2D eigenvalue weighted by Crippen LogP contribution is 2.15. The second kappa shape index (κ2) is 8.31. The molecule has 0 aromatic heterocycles. The lowest BCUT2D eigenvalue weighted by Crippen LogP contribution is -1.96. The Morgan fingerprint density at radius 1 is 1.00 bits per heavy atom. The monoisotopic (exact) mass is 354 g/mol. The van der Waals surface area contributed by atoms with Crippen molar-refractivity contribution in [2.24, 2.45) is 5.10 Å². The van der Waals surface area contributed by atoms with Crippen LogP contribution in [0.25, 0.3) is 0 Å². The molecule has 0 amide bonds. The van der Waals surface area contributed by atoms with E-state index >= 15 is 0 Å². The number of benzene rings is 3. The maximum Gasteiger partial charge on any atom is 0.123 e. The van der Waals surface area contributed by atoms with Crippen LogP contribution in [-0.4, -0.2) is 6.21 Å². The first-order valence-electron chi connectivity index (χ1n) is 7.71. The summed E-state index contributed by atoms with van der Waals surface area (Å²) in [6, 6.07) is 21.1. The summed E-state index contributed by atoms with van der Waals surface area (Å²) >= 11 is 5.84. The molecular weight excluding hydrogens is 339 g/mol. The average Bonchev–Trinajstić information content (AvgIpc) is 2.63. The van der Waals surface area contributed by atoms with E-state index in [1.807, 2.05) is 36.4 Å². The first kappa shape index (κ1) is 17.0. The van der Waals surface area contributed by atoms with Crippen LogP contribution in [0.4, 0.5) is 10.1 Å². The number of hydrazone groups is 1. The van der Waals surface area contributed by atoms with E-state index in [4.69, 9.17) is 16.3 Å². The first-order valence-corrected chi connectivity index (χ1v) is 8.09. The molecule has 3 rings (SSSR count). The number of hydrogen-bond donors (Lipinski definition) is 1. The van der Waals surface area contributed by atoms with Crippen molar-refractivity contribution in [3.05, 3.63) is 94.8 Å². The Morgan fingerprint density at radius 3 is 2.52 bits per heavy atom. The Morgan fingerprint density at radius 2 is 1.76 bits per heavy atom. The van der Waals surface area contributed by atoms with Crippen LogP contribution in [0, 0.1) is 5.82 Å². The van der Waals surface area contributed by atoms with Gasteiger partial charge in [-0.1, -0.05) is 35.9 Å². The molecule has 3 aromatic rings. The van der Waals surface area contributed by atoms with Crippen molar-refractivity contribution < 1.29 is 9.13 Å². The van der Waals surface area contributed by atoms with E-state index in [1.54, 1.807) is 30.5 Å². The highest BCUT2D eigenvalue weighted by atomic mass is 35.5. The van der Waals surface area contributed by atoms with Crippen LogP contribution in [0.3, 0.4) is 0 Å². The topological polar surface area (TPSA) is 33.6 Å². The van der Waals surface area contributed by atoms with Gasteiger partial charge in [-0.05, 0) is 59.7 Å². The smallest absolute Gasteiger partial charge is 0.123 e. The van der Waals surface area contributed by atoms with E-state index in [0.29, 0.717) is 11.6 Å². The van der Waals surface area contributed by atoms with Crippen LogP contribution in [0.1, 0.15) is 11.1 Å². The Labute approximate surface area is 150 Å². The van der Waals surface area contributed by atoms with Crippen LogP contribution < -0.4 is 10.2 Å². The molecule has 0 aliphatic heterocycles. The summed E-state index contributed by atoms with van der Waals surface area (Å²) in [6.07, 6.45) is 1.71. The zero-order chi connectivity index (χ0) is 17.5. The molecule has 1 N–H and O–H groups in total. The number of hydrogen-bond acceptors (Lipinski definition) is 3. The highest BCUT2D eigenvalue weighted by Gasteiger charge is 1.98. The van der Waals surface area contributed by atoms with Gasteiger partial charge in [0.25, 0.3) is 0 Å². The lowest BCUT2D eigenvalue weighted by atomic mass is 10.2. The molecule has 0 heterocycles. The molecule has 3 aromatic carbocycles. The maximum absolute atomic E-state index is 12.9. The van der Waals surface area contributed by atoms with Crippen LogP contribution in [-0.2, 0) is 6.61 Å². The quantitative estimate of drug-likeness (QED) is 0.468. The summed E-state index contributed by atoms with van der Waals surface area (Å²) in [6.45, 7) is 0.379. The number of anilines is 1. The molecule has 0 atom stereocenters. The van der Waals surface area contributed by atoms with Crippen molar-refractivity contribution in [3.8, 4) is 5.75 Å². The largest absolute Gasteiger partial charge is 0.489 e. The summed E-state index contributed by atoms with van der Waals surface area (Å²) in [5, 5.41) is 4.88. The minimum atomic E-state index is -0.254.